The SMILES string of the molecule is CCOC(=O)CN1C(=O)S/C(=C/c2cc(OC)c(OC)cc2Cl)C1=O. The fourth-order valence-electron chi connectivity index (χ4n) is 2.09. The quantitative estimate of drug-likeness (QED) is 0.550. The number of rotatable bonds is 6. The summed E-state index contributed by atoms with van der Waals surface area (Å²) in [7, 11) is 2.96. The number of carbonyl (C=O) groups excluding carboxylic acids is 3. The predicted octanol–water partition coefficient (Wildman–Crippen LogP) is 2.96. The van der Waals surface area contributed by atoms with Crippen LogP contribution >= 0.6 is 23.4 Å². The molecule has 2 amide bonds. The molecule has 2 rings (SSSR count). The summed E-state index contributed by atoms with van der Waals surface area (Å²) in [5.41, 5.74) is 0.487. The van der Waals surface area contributed by atoms with Gasteiger partial charge >= 0.3 is 5.97 Å². The van der Waals surface area contributed by atoms with E-state index in [0.717, 1.165) is 16.7 Å². The molecular weight excluding hydrogens is 370 g/mol. The number of carbonyl (C=O) groups is 3. The monoisotopic (exact) mass is 385 g/mol. The molecule has 0 aliphatic carbocycles. The topological polar surface area (TPSA) is 82.1 Å². The van der Waals surface area contributed by atoms with E-state index in [-0.39, 0.29) is 11.5 Å². The number of benzene rings is 1. The Morgan fingerprint density at radius 2 is 1.88 bits per heavy atom. The molecule has 1 aromatic carbocycles. The maximum atomic E-state index is 12.4. The average Bonchev–Trinajstić information content (AvgIpc) is 2.84. The number of ether oxygens (including phenoxy) is 3. The van der Waals surface area contributed by atoms with Crippen molar-refractivity contribution in [2.75, 3.05) is 27.4 Å². The van der Waals surface area contributed by atoms with Crippen LogP contribution in [-0.4, -0.2) is 49.4 Å². The van der Waals surface area contributed by atoms with E-state index >= 15 is 0 Å². The highest BCUT2D eigenvalue weighted by molar-refractivity contribution is 8.18. The molecule has 0 aromatic heterocycles. The van der Waals surface area contributed by atoms with Gasteiger partial charge in [0.15, 0.2) is 11.5 Å². The summed E-state index contributed by atoms with van der Waals surface area (Å²) in [6, 6.07) is 3.15. The number of amides is 2. The number of esters is 1. The summed E-state index contributed by atoms with van der Waals surface area (Å²) >= 11 is 6.92. The molecule has 0 saturated carbocycles. The Morgan fingerprint density at radius 3 is 2.48 bits per heavy atom. The average molecular weight is 386 g/mol. The minimum absolute atomic E-state index is 0.156. The van der Waals surface area contributed by atoms with Crippen molar-refractivity contribution in [1.29, 1.82) is 0 Å². The number of hydrogen-bond acceptors (Lipinski definition) is 7. The van der Waals surface area contributed by atoms with Crippen LogP contribution in [-0.2, 0) is 14.3 Å². The largest absolute Gasteiger partial charge is 0.493 e. The highest BCUT2D eigenvalue weighted by atomic mass is 35.5. The zero-order valence-electron chi connectivity index (χ0n) is 13.8. The molecule has 25 heavy (non-hydrogen) atoms. The minimum Gasteiger partial charge on any atom is -0.493 e. The normalized spacial score (nSPS) is 15.7. The fourth-order valence-corrected chi connectivity index (χ4v) is 3.13. The molecule has 7 nitrogen and oxygen atoms in total. The molecule has 0 unspecified atom stereocenters. The molecular formula is C16H16ClNO6S. The number of nitrogens with zero attached hydrogens (tertiary/aromatic N) is 1. The highest BCUT2D eigenvalue weighted by Gasteiger charge is 2.36. The van der Waals surface area contributed by atoms with E-state index < -0.39 is 23.7 Å². The molecule has 0 bridgehead atoms. The van der Waals surface area contributed by atoms with Crippen LogP contribution in [0.4, 0.5) is 4.79 Å². The lowest BCUT2D eigenvalue weighted by atomic mass is 10.1. The standard InChI is InChI=1S/C16H16ClNO6S/c1-4-24-14(19)8-18-15(20)13(25-16(18)21)6-9-5-11(22-2)12(23-3)7-10(9)17/h5-7H,4,8H2,1-3H3/b13-6+. The summed E-state index contributed by atoms with van der Waals surface area (Å²) in [4.78, 5) is 36.8. The number of halogens is 1. The predicted molar refractivity (Wildman–Crippen MR) is 93.9 cm³/mol. The molecule has 1 fully saturated rings. The van der Waals surface area contributed by atoms with Crippen molar-refractivity contribution in [3.63, 3.8) is 0 Å². The molecule has 1 aliphatic rings. The first-order chi connectivity index (χ1) is 11.9. The van der Waals surface area contributed by atoms with E-state index in [1.54, 1.807) is 19.1 Å². The molecule has 1 aromatic rings. The van der Waals surface area contributed by atoms with Crippen molar-refractivity contribution in [3.05, 3.63) is 27.6 Å². The van der Waals surface area contributed by atoms with Crippen LogP contribution in [0.2, 0.25) is 5.02 Å². The van der Waals surface area contributed by atoms with Gasteiger partial charge in [0, 0.05) is 6.07 Å². The first-order valence-electron chi connectivity index (χ1n) is 7.23. The zero-order valence-corrected chi connectivity index (χ0v) is 15.4. The van der Waals surface area contributed by atoms with Crippen LogP contribution in [0.15, 0.2) is 17.0 Å². The van der Waals surface area contributed by atoms with Gasteiger partial charge in [0.05, 0.1) is 30.8 Å². The summed E-state index contributed by atoms with van der Waals surface area (Å²) < 4.78 is 15.1. The van der Waals surface area contributed by atoms with Gasteiger partial charge in [-0.15, -0.1) is 0 Å². The van der Waals surface area contributed by atoms with Crippen LogP contribution in [0.5, 0.6) is 11.5 Å². The second kappa shape index (κ2) is 8.26. The molecule has 0 N–H and O–H groups in total. The van der Waals surface area contributed by atoms with Gasteiger partial charge in [-0.2, -0.15) is 0 Å². The molecule has 134 valence electrons. The van der Waals surface area contributed by atoms with E-state index in [2.05, 4.69) is 0 Å². The minimum atomic E-state index is -0.643. The smallest absolute Gasteiger partial charge is 0.326 e. The Bertz CT molecular complexity index is 748. The first kappa shape index (κ1) is 19.1. The van der Waals surface area contributed by atoms with E-state index in [1.165, 1.54) is 20.3 Å². The Morgan fingerprint density at radius 1 is 1.24 bits per heavy atom. The van der Waals surface area contributed by atoms with Crippen molar-refractivity contribution in [3.8, 4) is 11.5 Å². The van der Waals surface area contributed by atoms with Crippen molar-refractivity contribution in [1.82, 2.24) is 4.90 Å². The van der Waals surface area contributed by atoms with E-state index in [9.17, 15) is 14.4 Å². The lowest BCUT2D eigenvalue weighted by molar-refractivity contribution is -0.145. The molecule has 1 aliphatic heterocycles. The van der Waals surface area contributed by atoms with Gasteiger partial charge in [-0.25, -0.2) is 0 Å². The summed E-state index contributed by atoms with van der Waals surface area (Å²) in [5, 5.41) is -0.212. The summed E-state index contributed by atoms with van der Waals surface area (Å²) in [6.07, 6.45) is 1.47. The first-order valence-corrected chi connectivity index (χ1v) is 8.43. The highest BCUT2D eigenvalue weighted by Crippen LogP contribution is 2.37. The molecule has 1 heterocycles. The zero-order chi connectivity index (χ0) is 18.6. The van der Waals surface area contributed by atoms with Crippen LogP contribution in [0, 0.1) is 0 Å². The van der Waals surface area contributed by atoms with Crippen molar-refractivity contribution in [2.24, 2.45) is 0 Å². The van der Waals surface area contributed by atoms with Crippen molar-refractivity contribution < 1.29 is 28.6 Å². The second-order valence-electron chi connectivity index (χ2n) is 4.80. The lowest BCUT2D eigenvalue weighted by Crippen LogP contribution is -2.34. The molecule has 0 radical (unpaired) electrons. The third-order valence-electron chi connectivity index (χ3n) is 3.26. The van der Waals surface area contributed by atoms with Gasteiger partial charge in [0.25, 0.3) is 11.1 Å². The van der Waals surface area contributed by atoms with E-state index in [1.807, 2.05) is 0 Å². The Kier molecular flexibility index (Phi) is 6.33. The molecule has 0 atom stereocenters. The van der Waals surface area contributed by atoms with Gasteiger partial charge in [0.2, 0.25) is 0 Å². The molecule has 9 heteroatoms. The number of methoxy groups -OCH3 is 2. The van der Waals surface area contributed by atoms with E-state index in [0.29, 0.717) is 22.1 Å². The van der Waals surface area contributed by atoms with Crippen molar-refractivity contribution >= 4 is 46.6 Å². The molecule has 0 spiro atoms. The number of thioether (sulfide) groups is 1. The van der Waals surface area contributed by atoms with E-state index in [4.69, 9.17) is 25.8 Å². The van der Waals surface area contributed by atoms with Gasteiger partial charge in [-0.05, 0) is 36.4 Å². The summed E-state index contributed by atoms with van der Waals surface area (Å²) in [6.45, 7) is 1.40. The Hall–Kier alpha value is -2.19. The van der Waals surface area contributed by atoms with Gasteiger partial charge in [-0.3, -0.25) is 19.3 Å². The maximum Gasteiger partial charge on any atom is 0.326 e. The van der Waals surface area contributed by atoms with Crippen molar-refractivity contribution in [2.45, 2.75) is 6.92 Å². The summed E-state index contributed by atoms with van der Waals surface area (Å²) in [5.74, 6) is -0.340. The van der Waals surface area contributed by atoms with Crippen LogP contribution < -0.4 is 9.47 Å². The second-order valence-corrected chi connectivity index (χ2v) is 6.20. The Labute approximate surface area is 153 Å². The van der Waals surface area contributed by atoms with Crippen LogP contribution in [0.1, 0.15) is 12.5 Å². The number of imide groups is 1. The third kappa shape index (κ3) is 4.26. The van der Waals surface area contributed by atoms with Crippen LogP contribution in [0.25, 0.3) is 6.08 Å². The maximum absolute atomic E-state index is 12.4. The van der Waals surface area contributed by atoms with Gasteiger partial charge in [-0.1, -0.05) is 11.6 Å². The third-order valence-corrected chi connectivity index (χ3v) is 4.49. The lowest BCUT2D eigenvalue weighted by Gasteiger charge is -2.11. The number of hydrogen-bond donors (Lipinski definition) is 0. The Balaban J connectivity index is 2.29. The fraction of sp³-hybridized carbons (Fsp3) is 0.312. The van der Waals surface area contributed by atoms with Gasteiger partial charge < -0.3 is 14.2 Å². The molecule has 1 saturated heterocycles. The van der Waals surface area contributed by atoms with Crippen LogP contribution in [0.3, 0.4) is 0 Å². The van der Waals surface area contributed by atoms with Gasteiger partial charge in [0.1, 0.15) is 6.54 Å².